The van der Waals surface area contributed by atoms with Crippen LogP contribution in [-0.4, -0.2) is 51.5 Å². The van der Waals surface area contributed by atoms with E-state index < -0.39 is 0 Å². The lowest BCUT2D eigenvalue weighted by molar-refractivity contribution is -0.125. The molecule has 2 N–H and O–H groups in total. The molecular formula is C13H26N2O3. The first-order valence-corrected chi connectivity index (χ1v) is 6.96. The summed E-state index contributed by atoms with van der Waals surface area (Å²) in [6.07, 6.45) is 1.90. The van der Waals surface area contributed by atoms with Gasteiger partial charge in [0, 0.05) is 25.8 Å². The normalized spacial score (nSPS) is 23.2. The first-order valence-electron chi connectivity index (χ1n) is 6.96. The molecule has 18 heavy (non-hydrogen) atoms. The second-order valence-corrected chi connectivity index (χ2v) is 4.57. The fourth-order valence-electron chi connectivity index (χ4n) is 2.04. The zero-order valence-corrected chi connectivity index (χ0v) is 11.5. The molecule has 2 atom stereocenters. The summed E-state index contributed by atoms with van der Waals surface area (Å²) in [5, 5.41) is 6.23. The summed E-state index contributed by atoms with van der Waals surface area (Å²) >= 11 is 0. The van der Waals surface area contributed by atoms with Crippen molar-refractivity contribution in [3.63, 3.8) is 0 Å². The Kier molecular flexibility index (Phi) is 7.96. The van der Waals surface area contributed by atoms with Crippen molar-refractivity contribution in [3.8, 4) is 0 Å². The van der Waals surface area contributed by atoms with E-state index in [4.69, 9.17) is 9.47 Å². The van der Waals surface area contributed by atoms with Crippen LogP contribution in [0.25, 0.3) is 0 Å². The topological polar surface area (TPSA) is 59.6 Å². The minimum Gasteiger partial charge on any atom is -0.381 e. The van der Waals surface area contributed by atoms with Gasteiger partial charge in [-0.3, -0.25) is 4.79 Å². The summed E-state index contributed by atoms with van der Waals surface area (Å²) in [5.74, 6) is 0.0375. The molecule has 1 rings (SSSR count). The monoisotopic (exact) mass is 258 g/mol. The van der Waals surface area contributed by atoms with Gasteiger partial charge >= 0.3 is 0 Å². The first-order chi connectivity index (χ1) is 8.79. The highest BCUT2D eigenvalue weighted by molar-refractivity contribution is 5.79. The smallest absolute Gasteiger partial charge is 0.227 e. The Morgan fingerprint density at radius 1 is 1.33 bits per heavy atom. The third kappa shape index (κ3) is 5.33. The van der Waals surface area contributed by atoms with Gasteiger partial charge in [-0.1, -0.05) is 13.8 Å². The molecule has 0 radical (unpaired) electrons. The summed E-state index contributed by atoms with van der Waals surface area (Å²) in [5.41, 5.74) is 0. The lowest BCUT2D eigenvalue weighted by atomic mass is 10.0. The Labute approximate surface area is 110 Å². The van der Waals surface area contributed by atoms with E-state index in [0.717, 1.165) is 26.0 Å². The van der Waals surface area contributed by atoms with E-state index in [1.807, 2.05) is 6.92 Å². The quantitative estimate of drug-likeness (QED) is 0.593. The molecule has 0 aliphatic carbocycles. The summed E-state index contributed by atoms with van der Waals surface area (Å²) in [4.78, 5) is 11.9. The molecule has 1 saturated heterocycles. The number of carbonyl (C=O) groups excluding carboxylic acids is 1. The van der Waals surface area contributed by atoms with E-state index in [0.29, 0.717) is 26.4 Å². The van der Waals surface area contributed by atoms with Crippen molar-refractivity contribution in [2.45, 2.75) is 32.7 Å². The van der Waals surface area contributed by atoms with Gasteiger partial charge < -0.3 is 20.1 Å². The van der Waals surface area contributed by atoms with Crippen molar-refractivity contribution in [3.05, 3.63) is 0 Å². The molecule has 0 bridgehead atoms. The molecule has 5 heteroatoms. The molecule has 1 heterocycles. The van der Waals surface area contributed by atoms with Crippen molar-refractivity contribution in [2.24, 2.45) is 5.92 Å². The third-order valence-electron chi connectivity index (χ3n) is 3.00. The summed E-state index contributed by atoms with van der Waals surface area (Å²) in [7, 11) is 0. The van der Waals surface area contributed by atoms with Crippen LogP contribution in [0, 0.1) is 5.92 Å². The van der Waals surface area contributed by atoms with E-state index in [9.17, 15) is 4.79 Å². The Morgan fingerprint density at radius 3 is 2.89 bits per heavy atom. The minimum atomic E-state index is -0.0542. The molecule has 0 aromatic heterocycles. The molecule has 1 aliphatic rings. The predicted molar refractivity (Wildman–Crippen MR) is 70.5 cm³/mol. The van der Waals surface area contributed by atoms with Gasteiger partial charge in [0.15, 0.2) is 0 Å². The van der Waals surface area contributed by atoms with Crippen molar-refractivity contribution >= 4 is 5.91 Å². The SMILES string of the molecule is CCCOCCCNC(=O)C1COCC1NCC. The maximum Gasteiger partial charge on any atom is 0.227 e. The molecule has 0 saturated carbocycles. The summed E-state index contributed by atoms with van der Waals surface area (Å²) in [6, 6.07) is 0.159. The van der Waals surface area contributed by atoms with E-state index >= 15 is 0 Å². The molecule has 1 aliphatic heterocycles. The average molecular weight is 258 g/mol. The number of carbonyl (C=O) groups is 1. The Morgan fingerprint density at radius 2 is 2.17 bits per heavy atom. The molecule has 1 amide bonds. The highest BCUT2D eigenvalue weighted by Gasteiger charge is 2.32. The van der Waals surface area contributed by atoms with E-state index in [1.165, 1.54) is 0 Å². The van der Waals surface area contributed by atoms with Crippen LogP contribution in [0.3, 0.4) is 0 Å². The van der Waals surface area contributed by atoms with Gasteiger partial charge in [-0.2, -0.15) is 0 Å². The van der Waals surface area contributed by atoms with Crippen molar-refractivity contribution in [2.75, 3.05) is 39.5 Å². The number of hydrogen-bond donors (Lipinski definition) is 2. The lowest BCUT2D eigenvalue weighted by Crippen LogP contribution is -2.44. The molecule has 0 aromatic carbocycles. The van der Waals surface area contributed by atoms with Crippen LogP contribution in [-0.2, 0) is 14.3 Å². The molecule has 2 unspecified atom stereocenters. The second kappa shape index (κ2) is 9.30. The van der Waals surface area contributed by atoms with Crippen LogP contribution in [0.4, 0.5) is 0 Å². The summed E-state index contributed by atoms with van der Waals surface area (Å²) in [6.45, 7) is 8.34. The van der Waals surface area contributed by atoms with Crippen LogP contribution in [0.5, 0.6) is 0 Å². The highest BCUT2D eigenvalue weighted by Crippen LogP contribution is 2.13. The zero-order valence-electron chi connectivity index (χ0n) is 11.5. The zero-order chi connectivity index (χ0) is 13.2. The first kappa shape index (κ1) is 15.4. The van der Waals surface area contributed by atoms with Gasteiger partial charge in [0.25, 0.3) is 0 Å². The van der Waals surface area contributed by atoms with E-state index in [2.05, 4.69) is 17.6 Å². The van der Waals surface area contributed by atoms with Crippen LogP contribution in [0.2, 0.25) is 0 Å². The summed E-state index contributed by atoms with van der Waals surface area (Å²) < 4.78 is 10.7. The highest BCUT2D eigenvalue weighted by atomic mass is 16.5. The fourth-order valence-corrected chi connectivity index (χ4v) is 2.04. The number of nitrogens with one attached hydrogen (secondary N) is 2. The minimum absolute atomic E-state index is 0.0542. The van der Waals surface area contributed by atoms with Gasteiger partial charge in [-0.15, -0.1) is 0 Å². The Bertz CT molecular complexity index is 236. The molecular weight excluding hydrogens is 232 g/mol. The Balaban J connectivity index is 2.12. The maximum atomic E-state index is 11.9. The molecule has 1 fully saturated rings. The van der Waals surface area contributed by atoms with Crippen LogP contribution < -0.4 is 10.6 Å². The largest absolute Gasteiger partial charge is 0.381 e. The van der Waals surface area contributed by atoms with Crippen LogP contribution in [0.1, 0.15) is 26.7 Å². The average Bonchev–Trinajstić information content (AvgIpc) is 2.82. The van der Waals surface area contributed by atoms with E-state index in [-0.39, 0.29) is 17.9 Å². The van der Waals surface area contributed by atoms with E-state index in [1.54, 1.807) is 0 Å². The third-order valence-corrected chi connectivity index (χ3v) is 3.00. The molecule has 106 valence electrons. The maximum absolute atomic E-state index is 11.9. The Hall–Kier alpha value is -0.650. The van der Waals surface area contributed by atoms with Crippen molar-refractivity contribution < 1.29 is 14.3 Å². The fraction of sp³-hybridized carbons (Fsp3) is 0.923. The molecule has 5 nitrogen and oxygen atoms in total. The van der Waals surface area contributed by atoms with Crippen molar-refractivity contribution in [1.29, 1.82) is 0 Å². The standard InChI is InChI=1S/C13H26N2O3/c1-3-7-17-8-5-6-15-13(16)11-9-18-10-12(11)14-4-2/h11-12,14H,3-10H2,1-2H3,(H,15,16). The van der Waals surface area contributed by atoms with Gasteiger partial charge in [0.1, 0.15) is 0 Å². The second-order valence-electron chi connectivity index (χ2n) is 4.57. The predicted octanol–water partition coefficient (Wildman–Crippen LogP) is 0.544. The van der Waals surface area contributed by atoms with Gasteiger partial charge in [0.05, 0.1) is 19.1 Å². The number of likely N-dealkylation sites (N-methyl/N-ethyl adjacent to an activating group) is 1. The number of amides is 1. The number of rotatable bonds is 9. The van der Waals surface area contributed by atoms with Gasteiger partial charge in [0.2, 0.25) is 5.91 Å². The van der Waals surface area contributed by atoms with Gasteiger partial charge in [-0.05, 0) is 19.4 Å². The van der Waals surface area contributed by atoms with Crippen LogP contribution in [0.15, 0.2) is 0 Å². The lowest BCUT2D eigenvalue weighted by Gasteiger charge is -2.17. The van der Waals surface area contributed by atoms with Crippen molar-refractivity contribution in [1.82, 2.24) is 10.6 Å². The molecule has 0 spiro atoms. The van der Waals surface area contributed by atoms with Crippen LogP contribution >= 0.6 is 0 Å². The number of hydrogen-bond acceptors (Lipinski definition) is 4. The molecule has 0 aromatic rings. The number of ether oxygens (including phenoxy) is 2. The van der Waals surface area contributed by atoms with Gasteiger partial charge in [-0.25, -0.2) is 0 Å².